The molecule has 0 amide bonds. The molecule has 5 nitrogen and oxygen atoms in total. The van der Waals surface area contributed by atoms with Gasteiger partial charge in [-0.3, -0.25) is 4.79 Å². The first-order valence-corrected chi connectivity index (χ1v) is 6.66. The Hall–Kier alpha value is -2.56. The third-order valence-electron chi connectivity index (χ3n) is 3.59. The van der Waals surface area contributed by atoms with Crippen molar-refractivity contribution in [2.45, 2.75) is 6.42 Å². The van der Waals surface area contributed by atoms with Crippen LogP contribution in [0.25, 0.3) is 11.1 Å². The number of pyridine rings is 1. The van der Waals surface area contributed by atoms with Gasteiger partial charge in [0.1, 0.15) is 12.4 Å². The van der Waals surface area contributed by atoms with Gasteiger partial charge in [-0.1, -0.05) is 6.07 Å². The van der Waals surface area contributed by atoms with Crippen LogP contribution in [-0.2, 0) is 11.2 Å². The van der Waals surface area contributed by atoms with Gasteiger partial charge in [0, 0.05) is 12.3 Å². The molecule has 1 aromatic heterocycles. The van der Waals surface area contributed by atoms with E-state index in [1.807, 2.05) is 30.3 Å². The topological polar surface area (TPSA) is 68.7 Å². The second-order valence-corrected chi connectivity index (χ2v) is 4.96. The number of carbonyl (C=O) groups is 1. The van der Waals surface area contributed by atoms with Gasteiger partial charge in [0.25, 0.3) is 0 Å². The molecular formula is C16H15NO4. The lowest BCUT2D eigenvalue weighted by Crippen LogP contribution is -2.27. The number of benzene rings is 1. The number of ether oxygens (including phenoxy) is 2. The molecule has 0 saturated carbocycles. The number of fused-ring (bicyclic) bond motifs is 1. The normalized spacial score (nSPS) is 16.7. The van der Waals surface area contributed by atoms with E-state index in [-0.39, 0.29) is 6.61 Å². The minimum atomic E-state index is -0.823. The van der Waals surface area contributed by atoms with Crippen LogP contribution in [0.1, 0.15) is 5.56 Å². The van der Waals surface area contributed by atoms with E-state index in [4.69, 9.17) is 14.6 Å². The molecule has 2 heterocycles. The Labute approximate surface area is 122 Å². The molecule has 1 aromatic carbocycles. The summed E-state index contributed by atoms with van der Waals surface area (Å²) in [5.74, 6) is -0.00138. The zero-order valence-corrected chi connectivity index (χ0v) is 11.6. The minimum absolute atomic E-state index is 0.227. The molecule has 0 spiro atoms. The molecule has 1 aliphatic heterocycles. The number of aliphatic carboxylic acids is 1. The molecule has 1 atom stereocenters. The maximum atomic E-state index is 11.1. The van der Waals surface area contributed by atoms with Gasteiger partial charge in [-0.15, -0.1) is 0 Å². The average molecular weight is 285 g/mol. The maximum absolute atomic E-state index is 11.1. The highest BCUT2D eigenvalue weighted by Gasteiger charge is 2.25. The fourth-order valence-corrected chi connectivity index (χ4v) is 2.43. The van der Waals surface area contributed by atoms with Crippen LogP contribution in [0, 0.1) is 5.92 Å². The Kier molecular flexibility index (Phi) is 3.48. The summed E-state index contributed by atoms with van der Waals surface area (Å²) in [6.07, 6.45) is 2.17. The predicted molar refractivity (Wildman–Crippen MR) is 76.5 cm³/mol. The van der Waals surface area contributed by atoms with Crippen molar-refractivity contribution < 1.29 is 19.4 Å². The van der Waals surface area contributed by atoms with Gasteiger partial charge in [-0.2, -0.15) is 0 Å². The van der Waals surface area contributed by atoms with Gasteiger partial charge in [0.2, 0.25) is 5.88 Å². The van der Waals surface area contributed by atoms with Gasteiger partial charge < -0.3 is 14.6 Å². The summed E-state index contributed by atoms with van der Waals surface area (Å²) in [7, 11) is 1.57. The molecule has 21 heavy (non-hydrogen) atoms. The van der Waals surface area contributed by atoms with Gasteiger partial charge in [-0.25, -0.2) is 4.98 Å². The van der Waals surface area contributed by atoms with Crippen molar-refractivity contribution in [3.63, 3.8) is 0 Å². The molecule has 0 fully saturated rings. The van der Waals surface area contributed by atoms with E-state index >= 15 is 0 Å². The zero-order chi connectivity index (χ0) is 14.8. The second-order valence-electron chi connectivity index (χ2n) is 4.96. The Morgan fingerprint density at radius 3 is 2.90 bits per heavy atom. The maximum Gasteiger partial charge on any atom is 0.310 e. The van der Waals surface area contributed by atoms with Crippen molar-refractivity contribution in [3.05, 3.63) is 42.1 Å². The molecule has 108 valence electrons. The smallest absolute Gasteiger partial charge is 0.310 e. The van der Waals surface area contributed by atoms with E-state index in [1.165, 1.54) is 0 Å². The van der Waals surface area contributed by atoms with Crippen LogP contribution >= 0.6 is 0 Å². The van der Waals surface area contributed by atoms with Crippen molar-refractivity contribution >= 4 is 5.97 Å². The first-order valence-electron chi connectivity index (χ1n) is 6.66. The van der Waals surface area contributed by atoms with Gasteiger partial charge in [0.15, 0.2) is 0 Å². The molecule has 0 bridgehead atoms. The van der Waals surface area contributed by atoms with Crippen molar-refractivity contribution in [1.82, 2.24) is 4.98 Å². The summed E-state index contributed by atoms with van der Waals surface area (Å²) in [4.78, 5) is 15.2. The van der Waals surface area contributed by atoms with Crippen LogP contribution in [0.4, 0.5) is 0 Å². The lowest BCUT2D eigenvalue weighted by atomic mass is 9.94. The summed E-state index contributed by atoms with van der Waals surface area (Å²) >= 11 is 0. The lowest BCUT2D eigenvalue weighted by molar-refractivity contribution is -0.143. The van der Waals surface area contributed by atoms with Crippen molar-refractivity contribution in [1.29, 1.82) is 0 Å². The summed E-state index contributed by atoms with van der Waals surface area (Å²) in [6.45, 7) is 0.227. The zero-order valence-electron chi connectivity index (χ0n) is 11.6. The summed E-state index contributed by atoms with van der Waals surface area (Å²) in [6, 6.07) is 9.55. The summed E-state index contributed by atoms with van der Waals surface area (Å²) in [5.41, 5.74) is 2.88. The molecule has 0 saturated heterocycles. The van der Waals surface area contributed by atoms with Crippen LogP contribution in [0.2, 0.25) is 0 Å². The molecular weight excluding hydrogens is 270 g/mol. The fraction of sp³-hybridized carbons (Fsp3) is 0.250. The van der Waals surface area contributed by atoms with Crippen molar-refractivity contribution in [3.8, 4) is 22.8 Å². The van der Waals surface area contributed by atoms with E-state index in [2.05, 4.69) is 4.98 Å². The summed E-state index contributed by atoms with van der Waals surface area (Å²) in [5, 5.41) is 9.11. The van der Waals surface area contributed by atoms with Crippen LogP contribution < -0.4 is 9.47 Å². The number of carboxylic acids is 1. The molecule has 3 rings (SSSR count). The third-order valence-corrected chi connectivity index (χ3v) is 3.59. The number of nitrogens with zero attached hydrogens (tertiary/aromatic N) is 1. The van der Waals surface area contributed by atoms with E-state index in [1.54, 1.807) is 13.3 Å². The quantitative estimate of drug-likeness (QED) is 0.937. The first-order chi connectivity index (χ1) is 10.2. The number of rotatable bonds is 3. The summed E-state index contributed by atoms with van der Waals surface area (Å²) < 4.78 is 10.6. The fourth-order valence-electron chi connectivity index (χ4n) is 2.43. The van der Waals surface area contributed by atoms with Crippen LogP contribution in [0.5, 0.6) is 11.6 Å². The van der Waals surface area contributed by atoms with E-state index in [9.17, 15) is 4.79 Å². The number of hydrogen-bond donors (Lipinski definition) is 1. The Morgan fingerprint density at radius 2 is 2.14 bits per heavy atom. The molecule has 5 heteroatoms. The Morgan fingerprint density at radius 1 is 1.33 bits per heavy atom. The van der Waals surface area contributed by atoms with Crippen molar-refractivity contribution in [2.24, 2.45) is 5.92 Å². The number of aromatic nitrogens is 1. The number of methoxy groups -OCH3 is 1. The monoisotopic (exact) mass is 285 g/mol. The van der Waals surface area contributed by atoms with E-state index in [0.29, 0.717) is 12.3 Å². The molecule has 1 N–H and O–H groups in total. The Bertz CT molecular complexity index is 684. The number of hydrogen-bond acceptors (Lipinski definition) is 4. The Balaban J connectivity index is 1.95. The lowest BCUT2D eigenvalue weighted by Gasteiger charge is -2.23. The molecule has 0 radical (unpaired) electrons. The van der Waals surface area contributed by atoms with Gasteiger partial charge in [0.05, 0.1) is 13.0 Å². The highest BCUT2D eigenvalue weighted by molar-refractivity contribution is 5.72. The highest BCUT2D eigenvalue weighted by atomic mass is 16.5. The molecule has 1 unspecified atom stereocenters. The van der Waals surface area contributed by atoms with Gasteiger partial charge >= 0.3 is 5.97 Å². The minimum Gasteiger partial charge on any atom is -0.492 e. The first kappa shape index (κ1) is 13.4. The second kappa shape index (κ2) is 5.44. The van der Waals surface area contributed by atoms with E-state index < -0.39 is 11.9 Å². The van der Waals surface area contributed by atoms with Crippen LogP contribution in [0.15, 0.2) is 36.5 Å². The molecule has 0 aliphatic carbocycles. The van der Waals surface area contributed by atoms with Crippen LogP contribution in [-0.4, -0.2) is 29.8 Å². The predicted octanol–water partition coefficient (Wildman–Crippen LogP) is 2.39. The number of carboxylic acid groups (broad SMARTS) is 1. The van der Waals surface area contributed by atoms with Crippen molar-refractivity contribution in [2.75, 3.05) is 13.7 Å². The largest absolute Gasteiger partial charge is 0.492 e. The SMILES string of the molecule is COc1cc(-c2ccc3c(c2)CC(C(=O)O)CO3)ccn1. The van der Waals surface area contributed by atoms with E-state index in [0.717, 1.165) is 22.4 Å². The highest BCUT2D eigenvalue weighted by Crippen LogP contribution is 2.32. The van der Waals surface area contributed by atoms with Crippen LogP contribution in [0.3, 0.4) is 0 Å². The molecule has 1 aliphatic rings. The third kappa shape index (κ3) is 2.67. The standard InChI is InChI=1S/C16H15NO4/c1-20-15-8-11(4-5-17-15)10-2-3-14-12(6-10)7-13(9-21-14)16(18)19/h2-6,8,13H,7,9H2,1H3,(H,18,19). The average Bonchev–Trinajstić information content (AvgIpc) is 2.53. The van der Waals surface area contributed by atoms with Gasteiger partial charge in [-0.05, 0) is 41.3 Å². The molecule has 2 aromatic rings.